The Morgan fingerprint density at radius 2 is 1.85 bits per heavy atom. The lowest BCUT2D eigenvalue weighted by atomic mass is 10.1. The molecule has 1 aliphatic rings. The zero-order valence-corrected chi connectivity index (χ0v) is 16.3. The molecule has 7 nitrogen and oxygen atoms in total. The smallest absolute Gasteiger partial charge is 0.316 e. The van der Waals surface area contributed by atoms with Gasteiger partial charge < -0.3 is 14.5 Å². The topological polar surface area (TPSA) is 78.4 Å². The summed E-state index contributed by atoms with van der Waals surface area (Å²) in [5.74, 6) is 0.653. The van der Waals surface area contributed by atoms with E-state index in [2.05, 4.69) is 23.7 Å². The second-order valence-corrected chi connectivity index (χ2v) is 7.55. The number of piperazine rings is 1. The van der Waals surface area contributed by atoms with E-state index in [-0.39, 0.29) is 5.91 Å². The number of carbonyl (C=O) groups excluding carboxylic acids is 1. The molecule has 1 fully saturated rings. The Bertz CT molecular complexity index is 936. The average Bonchev–Trinajstić information content (AvgIpc) is 2.67. The van der Waals surface area contributed by atoms with Gasteiger partial charge in [0.1, 0.15) is 0 Å². The molecule has 0 bridgehead atoms. The average molecular weight is 372 g/mol. The lowest BCUT2D eigenvalue weighted by Crippen LogP contribution is -2.49. The van der Waals surface area contributed by atoms with E-state index in [0.717, 1.165) is 19.6 Å². The molecular formula is C20H28N4O3. The zero-order chi connectivity index (χ0) is 19.6. The maximum Gasteiger partial charge on any atom is 0.316 e. The highest BCUT2D eigenvalue weighted by atomic mass is 16.2. The Kier molecular flexibility index (Phi) is 5.79. The van der Waals surface area contributed by atoms with Gasteiger partial charge in [0.25, 0.3) is 5.91 Å². The Balaban J connectivity index is 1.76. The standard InChI is InChI=1S/C20H28N4O3/c1-4-24-17-6-5-15(13-16(17)21-18(25)20(24)27)19(26)23-11-9-22(10-12-23)8-7-14(2)3/h5-6,13-14H,4,7-12H2,1-3H3,(H,21,25). The Morgan fingerprint density at radius 1 is 1.15 bits per heavy atom. The summed E-state index contributed by atoms with van der Waals surface area (Å²) in [6, 6.07) is 5.15. The van der Waals surface area contributed by atoms with E-state index in [1.165, 1.54) is 11.0 Å². The van der Waals surface area contributed by atoms with E-state index < -0.39 is 11.1 Å². The molecule has 1 aromatic carbocycles. The van der Waals surface area contributed by atoms with Gasteiger partial charge in [-0.1, -0.05) is 13.8 Å². The van der Waals surface area contributed by atoms with Crippen molar-refractivity contribution in [1.82, 2.24) is 19.4 Å². The van der Waals surface area contributed by atoms with Crippen LogP contribution in [-0.4, -0.2) is 58.0 Å². The first-order valence-corrected chi connectivity index (χ1v) is 9.69. The van der Waals surface area contributed by atoms with Gasteiger partial charge in [-0.05, 0) is 44.0 Å². The summed E-state index contributed by atoms with van der Waals surface area (Å²) in [4.78, 5) is 43.5. The molecule has 1 aromatic heterocycles. The second-order valence-electron chi connectivity index (χ2n) is 7.55. The number of hydrogen-bond acceptors (Lipinski definition) is 4. The Morgan fingerprint density at radius 3 is 2.48 bits per heavy atom. The Hall–Kier alpha value is -2.41. The third-order valence-electron chi connectivity index (χ3n) is 5.22. The van der Waals surface area contributed by atoms with Gasteiger partial charge in [0, 0.05) is 38.3 Å². The highest BCUT2D eigenvalue weighted by Crippen LogP contribution is 2.15. The molecule has 146 valence electrons. The fraction of sp³-hybridized carbons (Fsp3) is 0.550. The monoisotopic (exact) mass is 372 g/mol. The minimum Gasteiger partial charge on any atom is -0.336 e. The van der Waals surface area contributed by atoms with Gasteiger partial charge in [0.15, 0.2) is 0 Å². The minimum atomic E-state index is -0.660. The third-order valence-corrected chi connectivity index (χ3v) is 5.22. The number of aromatic amines is 1. The SMILES string of the molecule is CCn1c(=O)c(=O)[nH]c2cc(C(=O)N3CCN(CCC(C)C)CC3)ccc21. The molecule has 0 radical (unpaired) electrons. The van der Waals surface area contributed by atoms with E-state index in [9.17, 15) is 14.4 Å². The van der Waals surface area contributed by atoms with Crippen molar-refractivity contribution in [2.24, 2.45) is 5.92 Å². The second kappa shape index (κ2) is 8.08. The van der Waals surface area contributed by atoms with Crippen LogP contribution in [0.4, 0.5) is 0 Å². The molecule has 7 heteroatoms. The Labute approximate surface area is 158 Å². The van der Waals surface area contributed by atoms with Crippen LogP contribution < -0.4 is 11.1 Å². The number of aromatic nitrogens is 2. The number of nitrogens with zero attached hydrogens (tertiary/aromatic N) is 3. The van der Waals surface area contributed by atoms with E-state index in [4.69, 9.17) is 0 Å². The van der Waals surface area contributed by atoms with E-state index in [1.54, 1.807) is 18.2 Å². The normalized spacial score (nSPS) is 15.6. The first-order valence-electron chi connectivity index (χ1n) is 9.69. The molecular weight excluding hydrogens is 344 g/mol. The van der Waals surface area contributed by atoms with Gasteiger partial charge in [-0.25, -0.2) is 0 Å². The zero-order valence-electron chi connectivity index (χ0n) is 16.3. The molecule has 0 atom stereocenters. The summed E-state index contributed by atoms with van der Waals surface area (Å²) in [6.07, 6.45) is 1.17. The molecule has 0 saturated carbocycles. The number of hydrogen-bond donors (Lipinski definition) is 1. The van der Waals surface area contributed by atoms with Crippen LogP contribution in [-0.2, 0) is 6.54 Å². The first kappa shape index (κ1) is 19.4. The quantitative estimate of drug-likeness (QED) is 0.807. The number of H-pyrrole nitrogens is 1. The molecule has 0 unspecified atom stereocenters. The van der Waals surface area contributed by atoms with Gasteiger partial charge in [0.05, 0.1) is 11.0 Å². The van der Waals surface area contributed by atoms with Gasteiger partial charge in [0.2, 0.25) is 0 Å². The van der Waals surface area contributed by atoms with Crippen molar-refractivity contribution in [3.8, 4) is 0 Å². The van der Waals surface area contributed by atoms with Crippen molar-refractivity contribution in [2.75, 3.05) is 32.7 Å². The lowest BCUT2D eigenvalue weighted by molar-refractivity contribution is 0.0632. The maximum atomic E-state index is 12.9. The van der Waals surface area contributed by atoms with Crippen molar-refractivity contribution in [3.05, 3.63) is 44.5 Å². The number of aryl methyl sites for hydroxylation is 1. The maximum absolute atomic E-state index is 12.9. The molecule has 3 rings (SSSR count). The predicted molar refractivity (Wildman–Crippen MR) is 106 cm³/mol. The van der Waals surface area contributed by atoms with Crippen molar-refractivity contribution in [1.29, 1.82) is 0 Å². The molecule has 27 heavy (non-hydrogen) atoms. The van der Waals surface area contributed by atoms with Crippen molar-refractivity contribution >= 4 is 16.9 Å². The summed E-state index contributed by atoms with van der Waals surface area (Å²) >= 11 is 0. The van der Waals surface area contributed by atoms with Gasteiger partial charge in [-0.2, -0.15) is 0 Å². The van der Waals surface area contributed by atoms with E-state index in [0.29, 0.717) is 42.1 Å². The van der Waals surface area contributed by atoms with Crippen LogP contribution in [0, 0.1) is 5.92 Å². The lowest BCUT2D eigenvalue weighted by Gasteiger charge is -2.35. The molecule has 0 aliphatic carbocycles. The molecule has 2 aromatic rings. The number of nitrogens with one attached hydrogen (secondary N) is 1. The van der Waals surface area contributed by atoms with Crippen LogP contribution in [0.25, 0.3) is 11.0 Å². The van der Waals surface area contributed by atoms with E-state index >= 15 is 0 Å². The molecule has 1 amide bonds. The summed E-state index contributed by atoms with van der Waals surface area (Å²) in [5.41, 5.74) is 0.462. The fourth-order valence-electron chi connectivity index (χ4n) is 3.52. The summed E-state index contributed by atoms with van der Waals surface area (Å²) in [7, 11) is 0. The van der Waals surface area contributed by atoms with Crippen molar-refractivity contribution in [2.45, 2.75) is 33.7 Å². The van der Waals surface area contributed by atoms with Crippen LogP contribution in [0.2, 0.25) is 0 Å². The van der Waals surface area contributed by atoms with Crippen LogP contribution in [0.1, 0.15) is 37.6 Å². The molecule has 2 heterocycles. The number of fused-ring (bicyclic) bond motifs is 1. The number of amides is 1. The van der Waals surface area contributed by atoms with Gasteiger partial charge >= 0.3 is 11.1 Å². The van der Waals surface area contributed by atoms with E-state index in [1.807, 2.05) is 11.8 Å². The molecule has 1 N–H and O–H groups in total. The minimum absolute atomic E-state index is 0.0319. The number of carbonyl (C=O) groups is 1. The molecule has 1 saturated heterocycles. The van der Waals surface area contributed by atoms with Crippen LogP contribution in [0.5, 0.6) is 0 Å². The summed E-state index contributed by atoms with van der Waals surface area (Å²) in [6.45, 7) is 10.9. The van der Waals surface area contributed by atoms with Crippen LogP contribution in [0.15, 0.2) is 27.8 Å². The largest absolute Gasteiger partial charge is 0.336 e. The highest BCUT2D eigenvalue weighted by Gasteiger charge is 2.22. The van der Waals surface area contributed by atoms with Crippen LogP contribution >= 0.6 is 0 Å². The number of rotatable bonds is 5. The number of benzene rings is 1. The predicted octanol–water partition coefficient (Wildman–Crippen LogP) is 1.51. The van der Waals surface area contributed by atoms with Crippen molar-refractivity contribution in [3.63, 3.8) is 0 Å². The molecule has 1 aliphatic heterocycles. The fourth-order valence-corrected chi connectivity index (χ4v) is 3.52. The van der Waals surface area contributed by atoms with Gasteiger partial charge in [-0.3, -0.25) is 19.3 Å². The van der Waals surface area contributed by atoms with Crippen LogP contribution in [0.3, 0.4) is 0 Å². The summed E-state index contributed by atoms with van der Waals surface area (Å²) < 4.78 is 1.43. The first-order chi connectivity index (χ1) is 12.9. The highest BCUT2D eigenvalue weighted by molar-refractivity contribution is 5.97. The van der Waals surface area contributed by atoms with Crippen molar-refractivity contribution < 1.29 is 4.79 Å². The summed E-state index contributed by atoms with van der Waals surface area (Å²) in [5, 5.41) is 0. The third kappa shape index (κ3) is 4.13. The van der Waals surface area contributed by atoms with Gasteiger partial charge in [-0.15, -0.1) is 0 Å². The molecule has 0 spiro atoms.